The zero-order valence-corrected chi connectivity index (χ0v) is 4.55. The molecule has 0 spiro atoms. The Bertz CT molecular complexity index is 63.9. The first-order valence-corrected chi connectivity index (χ1v) is 2.67. The van der Waals surface area contributed by atoms with E-state index in [4.69, 9.17) is 0 Å². The molecule has 1 nitrogen and oxygen atoms in total. The summed E-state index contributed by atoms with van der Waals surface area (Å²) >= 11 is 0.426. The average molecular weight is 103 g/mol. The van der Waals surface area contributed by atoms with Crippen LogP contribution in [-0.2, 0) is 11.3 Å². The molecule has 1 radical (unpaired) electrons. The molecule has 0 aromatic carbocycles. The molecule has 0 saturated carbocycles. The summed E-state index contributed by atoms with van der Waals surface area (Å²) in [6, 6.07) is 0. The summed E-state index contributed by atoms with van der Waals surface area (Å²) in [5.74, 6) is 0. The first kappa shape index (κ1) is 5.89. The van der Waals surface area contributed by atoms with E-state index in [0.717, 1.165) is 12.8 Å². The summed E-state index contributed by atoms with van der Waals surface area (Å²) in [6.45, 7) is 2.02. The maximum absolute atomic E-state index is 9.49. The van der Waals surface area contributed by atoms with Crippen molar-refractivity contribution in [3.05, 3.63) is 0 Å². The van der Waals surface area contributed by atoms with Gasteiger partial charge >= 0.3 is 0 Å². The average Bonchev–Trinajstić information content (AvgIpc) is 1.61. The second kappa shape index (κ2) is 4.89. The SMILES string of the molecule is CCC[C]=S=O. The van der Waals surface area contributed by atoms with Crippen molar-refractivity contribution < 1.29 is 4.21 Å². The molecular formula is C4H7OS. The fraction of sp³-hybridized carbons (Fsp3) is 0.750. The van der Waals surface area contributed by atoms with Gasteiger partial charge in [-0.2, -0.15) is 0 Å². The van der Waals surface area contributed by atoms with Gasteiger partial charge in [0.2, 0.25) is 0 Å². The van der Waals surface area contributed by atoms with Crippen LogP contribution in [0, 0.1) is 0 Å². The molecule has 0 atom stereocenters. The Balaban J connectivity index is 2.86. The van der Waals surface area contributed by atoms with Gasteiger partial charge in [0.1, 0.15) is 0 Å². The lowest BCUT2D eigenvalue weighted by Crippen LogP contribution is -1.66. The number of hydrogen-bond donors (Lipinski definition) is 0. The van der Waals surface area contributed by atoms with Crippen LogP contribution in [0.15, 0.2) is 0 Å². The van der Waals surface area contributed by atoms with Crippen LogP contribution >= 0.6 is 0 Å². The third-order valence-electron chi connectivity index (χ3n) is 0.411. The summed E-state index contributed by atoms with van der Waals surface area (Å²) in [7, 11) is 0. The minimum absolute atomic E-state index is 0.426. The van der Waals surface area contributed by atoms with Crippen molar-refractivity contribution in [3.63, 3.8) is 0 Å². The summed E-state index contributed by atoms with van der Waals surface area (Å²) in [6.07, 6.45) is 1.84. The quantitative estimate of drug-likeness (QED) is 0.470. The van der Waals surface area contributed by atoms with Crippen LogP contribution in [0.5, 0.6) is 0 Å². The van der Waals surface area contributed by atoms with Gasteiger partial charge in [-0.05, 0) is 6.42 Å². The lowest BCUT2D eigenvalue weighted by molar-refractivity contribution is 0.701. The van der Waals surface area contributed by atoms with Crippen molar-refractivity contribution >= 4 is 16.6 Å². The van der Waals surface area contributed by atoms with Gasteiger partial charge < -0.3 is 0 Å². The topological polar surface area (TPSA) is 17.1 Å². The van der Waals surface area contributed by atoms with Crippen LogP contribution in [-0.4, -0.2) is 9.58 Å². The van der Waals surface area contributed by atoms with Gasteiger partial charge in [0, 0.05) is 0 Å². The maximum atomic E-state index is 9.49. The van der Waals surface area contributed by atoms with E-state index < -0.39 is 0 Å². The van der Waals surface area contributed by atoms with Crippen LogP contribution in [0.4, 0.5) is 0 Å². The monoisotopic (exact) mass is 103 g/mol. The normalized spacial score (nSPS) is 7.50. The van der Waals surface area contributed by atoms with E-state index in [2.05, 4.69) is 5.37 Å². The third kappa shape index (κ3) is 3.89. The molecule has 0 aliphatic rings. The molecular weight excluding hydrogens is 96.1 g/mol. The molecule has 35 valence electrons. The Kier molecular flexibility index (Phi) is 4.80. The van der Waals surface area contributed by atoms with Gasteiger partial charge in [-0.1, -0.05) is 13.3 Å². The molecule has 0 bridgehead atoms. The third-order valence-corrected chi connectivity index (χ3v) is 0.733. The van der Waals surface area contributed by atoms with Gasteiger partial charge in [-0.3, -0.25) is 0 Å². The molecule has 0 aromatic rings. The van der Waals surface area contributed by atoms with Gasteiger partial charge in [0.15, 0.2) is 0 Å². The van der Waals surface area contributed by atoms with E-state index in [-0.39, 0.29) is 0 Å². The smallest absolute Gasteiger partial charge is 0.0933 e. The molecule has 0 fully saturated rings. The largest absolute Gasteiger partial charge is 0.212 e. The highest BCUT2D eigenvalue weighted by Gasteiger charge is 1.67. The number of hydrogen-bond acceptors (Lipinski definition) is 1. The fourth-order valence-corrected chi connectivity index (χ4v) is 0.431. The fourth-order valence-electron chi connectivity index (χ4n) is 0.144. The van der Waals surface area contributed by atoms with E-state index in [9.17, 15) is 4.21 Å². The molecule has 2 heteroatoms. The summed E-state index contributed by atoms with van der Waals surface area (Å²) in [4.78, 5) is 0. The summed E-state index contributed by atoms with van der Waals surface area (Å²) in [5.41, 5.74) is 0. The van der Waals surface area contributed by atoms with Crippen molar-refractivity contribution in [2.75, 3.05) is 0 Å². The highest BCUT2D eigenvalue weighted by molar-refractivity contribution is 7.64. The van der Waals surface area contributed by atoms with E-state index in [1.54, 1.807) is 0 Å². The molecule has 6 heavy (non-hydrogen) atoms. The van der Waals surface area contributed by atoms with Gasteiger partial charge in [0.05, 0.1) is 16.6 Å². The van der Waals surface area contributed by atoms with Crippen LogP contribution < -0.4 is 0 Å². The molecule has 0 amide bonds. The Morgan fingerprint density at radius 2 is 2.50 bits per heavy atom. The molecule has 0 saturated heterocycles. The molecule has 0 unspecified atom stereocenters. The van der Waals surface area contributed by atoms with E-state index in [1.165, 1.54) is 0 Å². The Morgan fingerprint density at radius 1 is 1.83 bits per heavy atom. The molecule has 0 aliphatic carbocycles. The first-order chi connectivity index (χ1) is 2.91. The van der Waals surface area contributed by atoms with Crippen molar-refractivity contribution in [2.24, 2.45) is 0 Å². The summed E-state index contributed by atoms with van der Waals surface area (Å²) < 4.78 is 9.49. The van der Waals surface area contributed by atoms with E-state index in [0.29, 0.717) is 11.3 Å². The van der Waals surface area contributed by atoms with Crippen molar-refractivity contribution in [2.45, 2.75) is 19.8 Å². The zero-order chi connectivity index (χ0) is 4.83. The zero-order valence-electron chi connectivity index (χ0n) is 3.73. The first-order valence-electron chi connectivity index (χ1n) is 1.93. The van der Waals surface area contributed by atoms with Crippen molar-refractivity contribution in [1.29, 1.82) is 0 Å². The Labute approximate surface area is 41.4 Å². The summed E-state index contributed by atoms with van der Waals surface area (Å²) in [5, 5.41) is 2.56. The number of rotatable bonds is 2. The van der Waals surface area contributed by atoms with Gasteiger partial charge in [-0.25, -0.2) is 4.21 Å². The Hall–Kier alpha value is -0.110. The van der Waals surface area contributed by atoms with Crippen molar-refractivity contribution in [3.8, 4) is 0 Å². The molecule has 0 heterocycles. The minimum atomic E-state index is 0.426. The lowest BCUT2D eigenvalue weighted by Gasteiger charge is -1.69. The molecule has 0 aromatic heterocycles. The van der Waals surface area contributed by atoms with E-state index in [1.807, 2.05) is 6.92 Å². The second-order valence-electron chi connectivity index (χ2n) is 0.978. The van der Waals surface area contributed by atoms with Crippen LogP contribution in [0.1, 0.15) is 19.8 Å². The highest BCUT2D eigenvalue weighted by Crippen LogP contribution is 1.75. The van der Waals surface area contributed by atoms with Crippen LogP contribution in [0.3, 0.4) is 0 Å². The van der Waals surface area contributed by atoms with Crippen molar-refractivity contribution in [1.82, 2.24) is 0 Å². The van der Waals surface area contributed by atoms with Gasteiger partial charge in [-0.15, -0.1) is 0 Å². The molecule has 0 N–H and O–H groups in total. The standard InChI is InChI=1S/C4H7OS/c1-2-3-4-6-5/h2-3H2,1H3. The predicted molar refractivity (Wildman–Crippen MR) is 28.1 cm³/mol. The number of unbranched alkanes of at least 4 members (excludes halogenated alkanes) is 1. The van der Waals surface area contributed by atoms with E-state index >= 15 is 0 Å². The van der Waals surface area contributed by atoms with Crippen LogP contribution in [0.25, 0.3) is 0 Å². The van der Waals surface area contributed by atoms with Crippen LogP contribution in [0.2, 0.25) is 0 Å². The molecule has 0 rings (SSSR count). The second-order valence-corrected chi connectivity index (χ2v) is 1.43. The van der Waals surface area contributed by atoms with Gasteiger partial charge in [0.25, 0.3) is 0 Å². The Morgan fingerprint density at radius 3 is 2.67 bits per heavy atom. The maximum Gasteiger partial charge on any atom is 0.0933 e. The molecule has 0 aliphatic heterocycles. The predicted octanol–water partition coefficient (Wildman–Crippen LogP) is 0.679. The highest BCUT2D eigenvalue weighted by atomic mass is 32.1. The lowest BCUT2D eigenvalue weighted by atomic mass is 10.4. The minimum Gasteiger partial charge on any atom is -0.212 e.